The van der Waals surface area contributed by atoms with Gasteiger partial charge in [-0.15, -0.1) is 0 Å². The molecular formula is C75H122O28. The Hall–Kier alpha value is -7.42. The second kappa shape index (κ2) is 40.2. The standard InChI is InChI=1S/C14H22O6.C13H20O6.C13H22O4.2C12H20O4.C11H18O4/c1-6-13(2,3)11(16)20-14(4,5)12(17)19-9-7-8-18-10(9)15;1-5-8(2)10(14)19-13(3,4)12(16)18-9-6-7-17-11(9)15;1-6-12(2,3)11(15)17-13(4,5)9-7-10(14)16-8-9;1-5-8(2)11(14)16-12(3,4)9-6-10(13)15-7-9;1-5-11(2,3)10(14)16-12(4)6-7-15-9(13)8-12;1-4-8(2)10(13)15-11(3)5-6-14-9(12)7-11/h9H,6-8H2,1-5H3;8-9H,5-7H2,1-4H3;9H,6-8H2,1-5H3;8-9H,5-7H2,1-4H3;5-8H2,1-4H3;8H,4-7H2,1-3H3. The van der Waals surface area contributed by atoms with E-state index in [1.54, 1.807) is 34.6 Å². The molecule has 6 aliphatic heterocycles. The van der Waals surface area contributed by atoms with Crippen LogP contribution in [-0.2, 0) is 133 Å². The molecular weight excluding hydrogens is 1350 g/mol. The molecule has 6 rings (SSSR count). The maximum absolute atomic E-state index is 12.0. The van der Waals surface area contributed by atoms with E-state index in [1.807, 2.05) is 111 Å². The van der Waals surface area contributed by atoms with Gasteiger partial charge < -0.3 is 66.3 Å². The van der Waals surface area contributed by atoms with Gasteiger partial charge in [-0.2, -0.15) is 0 Å². The molecule has 590 valence electrons. The van der Waals surface area contributed by atoms with Crippen molar-refractivity contribution in [1.82, 2.24) is 0 Å². The average molecular weight is 1470 g/mol. The summed E-state index contributed by atoms with van der Waals surface area (Å²) in [5.41, 5.74) is -7.16. The summed E-state index contributed by atoms with van der Waals surface area (Å²) in [6, 6.07) is 0. The highest BCUT2D eigenvalue weighted by atomic mass is 16.7. The quantitative estimate of drug-likeness (QED) is 0.0640. The number of cyclic esters (lactones) is 6. The molecule has 0 amide bonds. The van der Waals surface area contributed by atoms with E-state index in [1.165, 1.54) is 27.7 Å². The van der Waals surface area contributed by atoms with Gasteiger partial charge in [-0.1, -0.05) is 62.3 Å². The number of carbonyl (C=O) groups excluding carboxylic acids is 14. The minimum Gasteiger partial charge on any atom is -0.465 e. The Kier molecular flexibility index (Phi) is 36.5. The fraction of sp³-hybridized carbons (Fsp3) is 0.813. The number of esters is 14. The van der Waals surface area contributed by atoms with Crippen molar-refractivity contribution in [3.63, 3.8) is 0 Å². The van der Waals surface area contributed by atoms with Crippen molar-refractivity contribution < 1.29 is 133 Å². The van der Waals surface area contributed by atoms with E-state index in [0.29, 0.717) is 84.2 Å². The lowest BCUT2D eigenvalue weighted by Crippen LogP contribution is -2.44. The van der Waals surface area contributed by atoms with E-state index in [4.69, 9.17) is 66.3 Å². The molecule has 6 saturated heterocycles. The summed E-state index contributed by atoms with van der Waals surface area (Å²) in [4.78, 5) is 162. The minimum atomic E-state index is -1.44. The topological polar surface area (TPSA) is 368 Å². The molecule has 28 nitrogen and oxygen atoms in total. The largest absolute Gasteiger partial charge is 0.465 e. The summed E-state index contributed by atoms with van der Waals surface area (Å²) in [6.07, 6.45) is 5.16. The Labute approximate surface area is 609 Å². The van der Waals surface area contributed by atoms with Gasteiger partial charge in [0.1, 0.15) is 22.4 Å². The number of hydrogen-bond donors (Lipinski definition) is 0. The minimum absolute atomic E-state index is 0.0343. The number of carbonyl (C=O) groups is 14. The second-order valence-electron chi connectivity index (χ2n) is 31.4. The van der Waals surface area contributed by atoms with Gasteiger partial charge in [0.15, 0.2) is 0 Å². The van der Waals surface area contributed by atoms with Crippen molar-refractivity contribution in [3.05, 3.63) is 0 Å². The molecule has 6 heterocycles. The van der Waals surface area contributed by atoms with E-state index in [0.717, 1.165) is 19.3 Å². The molecule has 0 spiro atoms. The molecule has 0 aromatic rings. The number of ether oxygens (including phenoxy) is 14. The van der Waals surface area contributed by atoms with Crippen molar-refractivity contribution in [2.75, 3.05) is 39.6 Å². The molecule has 0 N–H and O–H groups in total. The molecule has 6 fully saturated rings. The molecule has 0 aliphatic carbocycles. The summed E-state index contributed by atoms with van der Waals surface area (Å²) >= 11 is 0. The highest BCUT2D eigenvalue weighted by Crippen LogP contribution is 2.36. The van der Waals surface area contributed by atoms with Crippen LogP contribution in [0.3, 0.4) is 0 Å². The number of hydrogen-bond acceptors (Lipinski definition) is 28. The van der Waals surface area contributed by atoms with Gasteiger partial charge in [-0.3, -0.25) is 47.9 Å². The zero-order valence-electron chi connectivity index (χ0n) is 66.1. The van der Waals surface area contributed by atoms with Crippen molar-refractivity contribution in [2.24, 2.45) is 45.8 Å². The first-order valence-electron chi connectivity index (χ1n) is 36.0. The average Bonchev–Trinajstić information content (AvgIpc) is 1.76. The van der Waals surface area contributed by atoms with Gasteiger partial charge in [-0.25, -0.2) is 19.2 Å². The third kappa shape index (κ3) is 31.0. The monoisotopic (exact) mass is 1470 g/mol. The van der Waals surface area contributed by atoms with E-state index in [-0.39, 0.29) is 103 Å². The van der Waals surface area contributed by atoms with Crippen molar-refractivity contribution >= 4 is 83.6 Å². The van der Waals surface area contributed by atoms with Gasteiger partial charge in [0, 0.05) is 37.5 Å². The van der Waals surface area contributed by atoms with Crippen LogP contribution >= 0.6 is 0 Å². The van der Waals surface area contributed by atoms with E-state index in [9.17, 15) is 67.1 Å². The van der Waals surface area contributed by atoms with Crippen molar-refractivity contribution in [2.45, 2.75) is 309 Å². The molecule has 0 bridgehead atoms. The van der Waals surface area contributed by atoms with Crippen LogP contribution in [0.2, 0.25) is 0 Å². The Bertz CT molecular complexity index is 2930. The van der Waals surface area contributed by atoms with E-state index in [2.05, 4.69) is 0 Å². The molecule has 9 atom stereocenters. The third-order valence-corrected chi connectivity index (χ3v) is 19.2. The summed E-state index contributed by atoms with van der Waals surface area (Å²) in [7, 11) is 0. The molecule has 103 heavy (non-hydrogen) atoms. The summed E-state index contributed by atoms with van der Waals surface area (Å²) in [6.45, 7) is 46.3. The summed E-state index contributed by atoms with van der Waals surface area (Å²) in [5, 5.41) is 0. The highest BCUT2D eigenvalue weighted by Gasteiger charge is 2.47. The molecule has 0 aromatic carbocycles. The van der Waals surface area contributed by atoms with Gasteiger partial charge in [0.25, 0.3) is 0 Å². The lowest BCUT2D eigenvalue weighted by Gasteiger charge is -2.35. The van der Waals surface area contributed by atoms with Crippen LogP contribution in [0.15, 0.2) is 0 Å². The molecule has 28 heteroatoms. The summed E-state index contributed by atoms with van der Waals surface area (Å²) < 4.78 is 71.1. The molecule has 9 unspecified atom stereocenters. The normalized spacial score (nSPS) is 22.8. The fourth-order valence-corrected chi connectivity index (χ4v) is 8.80. The maximum Gasteiger partial charge on any atom is 0.350 e. The zero-order chi connectivity index (χ0) is 79.7. The third-order valence-electron chi connectivity index (χ3n) is 19.2. The highest BCUT2D eigenvalue weighted by molar-refractivity contribution is 5.88. The Morgan fingerprint density at radius 3 is 1.06 bits per heavy atom. The van der Waals surface area contributed by atoms with Crippen LogP contribution in [0.1, 0.15) is 263 Å². The van der Waals surface area contributed by atoms with Gasteiger partial charge in [-0.05, 0) is 149 Å². The number of rotatable bonds is 24. The van der Waals surface area contributed by atoms with Crippen LogP contribution in [0.25, 0.3) is 0 Å². The maximum atomic E-state index is 12.0. The smallest absolute Gasteiger partial charge is 0.350 e. The fourth-order valence-electron chi connectivity index (χ4n) is 8.80. The van der Waals surface area contributed by atoms with Crippen LogP contribution in [0.5, 0.6) is 0 Å². The molecule has 0 saturated carbocycles. The Balaban J connectivity index is 0.000000620. The van der Waals surface area contributed by atoms with E-state index >= 15 is 0 Å². The van der Waals surface area contributed by atoms with Gasteiger partial charge in [0.05, 0.1) is 99.3 Å². The Morgan fingerprint density at radius 1 is 0.398 bits per heavy atom. The first-order chi connectivity index (χ1) is 47.2. The van der Waals surface area contributed by atoms with Crippen molar-refractivity contribution in [3.8, 4) is 0 Å². The van der Waals surface area contributed by atoms with E-state index < -0.39 is 97.9 Å². The Morgan fingerprint density at radius 2 is 0.728 bits per heavy atom. The lowest BCUT2D eigenvalue weighted by molar-refractivity contribution is -0.188. The predicted molar refractivity (Wildman–Crippen MR) is 370 cm³/mol. The van der Waals surface area contributed by atoms with Crippen LogP contribution in [0.4, 0.5) is 0 Å². The first-order valence-corrected chi connectivity index (χ1v) is 36.0. The van der Waals surface area contributed by atoms with Gasteiger partial charge >= 0.3 is 83.6 Å². The first kappa shape index (κ1) is 93.6. The van der Waals surface area contributed by atoms with Crippen LogP contribution in [-0.4, -0.2) is 169 Å². The van der Waals surface area contributed by atoms with Gasteiger partial charge in [0.2, 0.25) is 23.4 Å². The predicted octanol–water partition coefficient (Wildman–Crippen LogP) is 10.8. The van der Waals surface area contributed by atoms with Crippen LogP contribution in [0, 0.1) is 45.8 Å². The van der Waals surface area contributed by atoms with Crippen LogP contribution < -0.4 is 0 Å². The second-order valence-corrected chi connectivity index (χ2v) is 31.4. The van der Waals surface area contributed by atoms with Crippen molar-refractivity contribution in [1.29, 1.82) is 0 Å². The molecule has 0 radical (unpaired) electrons. The molecule has 0 aromatic heterocycles. The summed E-state index contributed by atoms with van der Waals surface area (Å²) in [5.74, 6) is -6.03. The lowest BCUT2D eigenvalue weighted by atomic mass is 9.87. The zero-order valence-corrected chi connectivity index (χ0v) is 66.1. The molecule has 6 aliphatic rings. The SMILES string of the molecule is CCC(C)(C)C(=O)OC(C)(C)C(=O)OC1CCOC1=O.CCC(C)(C)C(=O)OC(C)(C)C1COC(=O)C1.CCC(C)(C)C(=O)OC1(C)CCOC(=O)C1.CCC(C)C(=O)OC(C)(C)C(=O)OC1CCOC1=O.CCC(C)C(=O)OC(C)(C)C1COC(=O)C1.CCC(C)C(=O)OC1(C)CCOC(=O)C1.